The van der Waals surface area contributed by atoms with Crippen LogP contribution in [0.4, 0.5) is 49.1 Å². The first-order valence-corrected chi connectivity index (χ1v) is 13.1. The lowest BCUT2D eigenvalue weighted by Crippen LogP contribution is -2.44. The van der Waals surface area contributed by atoms with Gasteiger partial charge in [-0.25, -0.2) is 4.79 Å². The number of nitrogens with one attached hydrogen (secondary N) is 2. The van der Waals surface area contributed by atoms with Crippen LogP contribution in [-0.2, 0) is 20.4 Å². The molecule has 2 aliphatic rings. The number of methoxy groups -OCH3 is 2. The second kappa shape index (κ2) is 12.3. The van der Waals surface area contributed by atoms with Crippen LogP contribution in [0.25, 0.3) is 0 Å². The van der Waals surface area contributed by atoms with E-state index in [1.165, 1.54) is 11.0 Å². The Morgan fingerprint density at radius 2 is 1.65 bits per heavy atom. The Bertz CT molecular complexity index is 1210. The van der Waals surface area contributed by atoms with Crippen LogP contribution in [0.3, 0.4) is 0 Å². The number of halogens is 6. The molecule has 8 nitrogen and oxygen atoms in total. The second-order valence-corrected chi connectivity index (χ2v) is 10.1. The highest BCUT2D eigenvalue weighted by Gasteiger charge is 2.47. The van der Waals surface area contributed by atoms with Gasteiger partial charge in [0.1, 0.15) is 5.56 Å². The molecule has 0 atom stereocenters. The van der Waals surface area contributed by atoms with E-state index in [0.29, 0.717) is 50.0 Å². The number of ether oxygens (including phenoxy) is 3. The Morgan fingerprint density at radius 1 is 1.00 bits per heavy atom. The molecule has 0 saturated carbocycles. The van der Waals surface area contributed by atoms with Crippen molar-refractivity contribution in [3.8, 4) is 5.75 Å². The molecule has 15 heteroatoms. The maximum atomic E-state index is 14.4. The Morgan fingerprint density at radius 3 is 2.23 bits per heavy atom. The van der Waals surface area contributed by atoms with Crippen LogP contribution in [0, 0.1) is 0 Å². The summed E-state index contributed by atoms with van der Waals surface area (Å²) in [4.78, 5) is 16.1. The summed E-state index contributed by atoms with van der Waals surface area (Å²) in [7, 11) is 3.15. The highest BCUT2D eigenvalue weighted by Crippen LogP contribution is 2.56. The summed E-state index contributed by atoms with van der Waals surface area (Å²) in [6.45, 7) is 3.10. The zero-order valence-electron chi connectivity index (χ0n) is 21.7. The molecular formula is C25H28F6N4O4S. The summed E-state index contributed by atoms with van der Waals surface area (Å²) in [6.07, 6.45) is -10.6. The van der Waals surface area contributed by atoms with E-state index in [9.17, 15) is 31.1 Å². The molecule has 0 aliphatic carbocycles. The lowest BCUT2D eigenvalue weighted by atomic mass is 10.1. The Balaban J connectivity index is 1.82. The molecule has 0 unspecified atom stereocenters. The molecule has 0 amide bonds. The quantitative estimate of drug-likeness (QED) is 0.205. The fourth-order valence-electron chi connectivity index (χ4n) is 4.42. The van der Waals surface area contributed by atoms with Gasteiger partial charge in [-0.15, -0.1) is 0 Å². The summed E-state index contributed by atoms with van der Waals surface area (Å²) in [5, 5.41) is 5.83. The average molecular weight is 595 g/mol. The van der Waals surface area contributed by atoms with Crippen LogP contribution >= 0.6 is 11.8 Å². The minimum absolute atomic E-state index is 0.182. The van der Waals surface area contributed by atoms with E-state index in [2.05, 4.69) is 15.4 Å². The fourth-order valence-corrected chi connectivity index (χ4v) is 5.49. The summed E-state index contributed by atoms with van der Waals surface area (Å²) >= 11 is 1.07. The Kier molecular flexibility index (Phi) is 9.27. The zero-order valence-corrected chi connectivity index (χ0v) is 22.5. The van der Waals surface area contributed by atoms with Crippen molar-refractivity contribution in [1.29, 1.82) is 0 Å². The van der Waals surface area contributed by atoms with Gasteiger partial charge < -0.3 is 34.6 Å². The smallest absolute Gasteiger partial charge is 0.417 e. The van der Waals surface area contributed by atoms with Gasteiger partial charge in [0.15, 0.2) is 5.75 Å². The summed E-state index contributed by atoms with van der Waals surface area (Å²) in [5.41, 5.74) is -1.00. The zero-order chi connectivity index (χ0) is 29.1. The van der Waals surface area contributed by atoms with Gasteiger partial charge in [-0.3, -0.25) is 0 Å². The van der Waals surface area contributed by atoms with Gasteiger partial charge >= 0.3 is 18.3 Å². The Labute approximate surface area is 230 Å². The molecule has 40 heavy (non-hydrogen) atoms. The van der Waals surface area contributed by atoms with Crippen LogP contribution in [0.5, 0.6) is 5.75 Å². The largest absolute Gasteiger partial charge is 0.491 e. The molecule has 0 aromatic heterocycles. The predicted octanol–water partition coefficient (Wildman–Crippen LogP) is 4.89. The highest BCUT2D eigenvalue weighted by atomic mass is 32.2. The number of carbonyl (C=O) groups excluding carboxylic acids is 1. The number of benzene rings is 2. The van der Waals surface area contributed by atoms with Crippen molar-refractivity contribution in [1.82, 2.24) is 5.32 Å². The van der Waals surface area contributed by atoms with E-state index >= 15 is 0 Å². The van der Waals surface area contributed by atoms with Gasteiger partial charge in [0.25, 0.3) is 0 Å². The number of rotatable bonds is 9. The molecule has 220 valence electrons. The molecule has 0 spiro atoms. The van der Waals surface area contributed by atoms with Crippen LogP contribution in [0.2, 0.25) is 0 Å². The first kappa shape index (κ1) is 30.1. The van der Waals surface area contributed by atoms with Gasteiger partial charge in [0.05, 0.1) is 30.3 Å². The summed E-state index contributed by atoms with van der Waals surface area (Å²) < 4.78 is 97.7. The topological polar surface area (TPSA) is 75.3 Å². The molecule has 2 heterocycles. The third kappa shape index (κ3) is 6.70. The minimum Gasteiger partial charge on any atom is -0.417 e. The van der Waals surface area contributed by atoms with Gasteiger partial charge in [0.2, 0.25) is 0 Å². The van der Waals surface area contributed by atoms with Crippen LogP contribution in [0.1, 0.15) is 5.56 Å². The van der Waals surface area contributed by atoms with Crippen molar-refractivity contribution >= 4 is 40.5 Å². The maximum absolute atomic E-state index is 14.4. The van der Waals surface area contributed by atoms with Crippen molar-refractivity contribution in [3.05, 3.63) is 29.8 Å². The van der Waals surface area contributed by atoms with Crippen molar-refractivity contribution in [2.75, 3.05) is 81.8 Å². The third-order valence-electron chi connectivity index (χ3n) is 6.33. The SMILES string of the molecule is COCCN(CCOC)c1ccc2c(c1)Sc1cc(N3CCNCC3)c(C(F)(F)F)c(OC(=O)C(F)(F)F)c1N2. The summed E-state index contributed by atoms with van der Waals surface area (Å²) in [5.74, 6) is -3.94. The molecule has 2 aromatic carbocycles. The number of carbonyl (C=O) groups is 1. The molecule has 0 bridgehead atoms. The number of anilines is 4. The highest BCUT2D eigenvalue weighted by molar-refractivity contribution is 7.99. The standard InChI is InChI=1S/C25H28F6N4O4S/c1-37-11-9-34(10-12-38-2)15-3-4-16-18(13-15)40-19-14-17(35-7-5-32-6-8-35)20(24(26,27)28)22(21(19)33-16)39-23(36)25(29,30)31/h3-4,13-14,32-33H,5-12H2,1-2H3. The second-order valence-electron chi connectivity index (χ2n) is 8.98. The van der Waals surface area contributed by atoms with Crippen molar-refractivity contribution in [3.63, 3.8) is 0 Å². The molecule has 0 radical (unpaired) electrons. The van der Waals surface area contributed by atoms with E-state index in [1.54, 1.807) is 26.4 Å². The van der Waals surface area contributed by atoms with Gasteiger partial charge in [-0.1, -0.05) is 11.8 Å². The fraction of sp³-hybridized carbons (Fsp3) is 0.480. The Hall–Kier alpha value is -2.88. The molecule has 4 rings (SSSR count). The van der Waals surface area contributed by atoms with E-state index in [-0.39, 0.29) is 29.4 Å². The number of hydrogen-bond donors (Lipinski definition) is 2. The van der Waals surface area contributed by atoms with E-state index < -0.39 is 29.6 Å². The number of alkyl halides is 6. The molecule has 2 aromatic rings. The average Bonchev–Trinajstić information content (AvgIpc) is 2.91. The molecule has 2 N–H and O–H groups in total. The van der Waals surface area contributed by atoms with E-state index in [4.69, 9.17) is 9.47 Å². The third-order valence-corrected chi connectivity index (χ3v) is 7.43. The van der Waals surface area contributed by atoms with Crippen LogP contribution < -0.4 is 25.2 Å². The lowest BCUT2D eigenvalue weighted by molar-refractivity contribution is -0.190. The number of piperazine rings is 1. The maximum Gasteiger partial charge on any atom is 0.491 e. The lowest BCUT2D eigenvalue weighted by Gasteiger charge is -2.34. The predicted molar refractivity (Wildman–Crippen MR) is 138 cm³/mol. The first-order chi connectivity index (χ1) is 18.9. The molecule has 1 fully saturated rings. The van der Waals surface area contributed by atoms with Crippen molar-refractivity contribution in [2.45, 2.75) is 22.1 Å². The van der Waals surface area contributed by atoms with Crippen molar-refractivity contribution in [2.24, 2.45) is 0 Å². The minimum atomic E-state index is -5.50. The number of nitrogens with zero attached hydrogens (tertiary/aromatic N) is 2. The number of hydrogen-bond acceptors (Lipinski definition) is 9. The van der Waals surface area contributed by atoms with Crippen LogP contribution in [-0.4, -0.2) is 78.8 Å². The van der Waals surface area contributed by atoms with Crippen molar-refractivity contribution < 1.29 is 45.3 Å². The van der Waals surface area contributed by atoms with Gasteiger partial charge in [-0.2, -0.15) is 26.3 Å². The summed E-state index contributed by atoms with van der Waals surface area (Å²) in [6, 6.07) is 6.45. The number of esters is 1. The van der Waals surface area contributed by atoms with E-state index in [1.807, 2.05) is 11.0 Å². The van der Waals surface area contributed by atoms with Crippen LogP contribution in [0.15, 0.2) is 34.1 Å². The number of fused-ring (bicyclic) bond motifs is 2. The van der Waals surface area contributed by atoms with E-state index in [0.717, 1.165) is 17.4 Å². The van der Waals surface area contributed by atoms with Gasteiger partial charge in [0, 0.05) is 69.0 Å². The molecule has 2 aliphatic heterocycles. The van der Waals surface area contributed by atoms with Gasteiger partial charge in [-0.05, 0) is 24.3 Å². The monoisotopic (exact) mass is 594 g/mol. The molecule has 1 saturated heterocycles. The normalized spacial score (nSPS) is 15.2. The first-order valence-electron chi connectivity index (χ1n) is 12.3. The molecular weight excluding hydrogens is 566 g/mol.